The third-order valence-corrected chi connectivity index (χ3v) is 6.68. The lowest BCUT2D eigenvalue weighted by Crippen LogP contribution is -2.37. The van der Waals surface area contributed by atoms with E-state index in [1.165, 1.54) is 5.56 Å². The van der Waals surface area contributed by atoms with E-state index in [-0.39, 0.29) is 11.3 Å². The zero-order valence-corrected chi connectivity index (χ0v) is 19.3. The number of aliphatic hydroxyl groups is 1. The molecule has 2 fully saturated rings. The number of amides is 1. The van der Waals surface area contributed by atoms with E-state index in [2.05, 4.69) is 18.7 Å². The minimum Gasteiger partial charge on any atom is -0.507 e. The maximum absolute atomic E-state index is 13.1. The van der Waals surface area contributed by atoms with Crippen LogP contribution in [0.5, 0.6) is 0 Å². The number of hydrogen-bond acceptors (Lipinski definition) is 4. The van der Waals surface area contributed by atoms with Gasteiger partial charge in [0.15, 0.2) is 0 Å². The summed E-state index contributed by atoms with van der Waals surface area (Å²) in [5.74, 6) is -0.990. The smallest absolute Gasteiger partial charge is 0.295 e. The van der Waals surface area contributed by atoms with Crippen LogP contribution in [0.25, 0.3) is 5.76 Å². The number of carbonyl (C=O) groups excluding carboxylic acids is 2. The van der Waals surface area contributed by atoms with E-state index >= 15 is 0 Å². The molecule has 2 heterocycles. The molecule has 0 aliphatic carbocycles. The summed E-state index contributed by atoms with van der Waals surface area (Å²) in [4.78, 5) is 30.1. The molecule has 0 saturated carbocycles. The molecular formula is C26H29ClN2O3. The third-order valence-electron chi connectivity index (χ3n) is 6.43. The van der Waals surface area contributed by atoms with Crippen molar-refractivity contribution in [3.8, 4) is 0 Å². The molecule has 0 spiro atoms. The van der Waals surface area contributed by atoms with Crippen LogP contribution >= 0.6 is 11.6 Å². The van der Waals surface area contributed by atoms with E-state index in [1.807, 2.05) is 24.3 Å². The highest BCUT2D eigenvalue weighted by atomic mass is 35.5. The number of hydrogen-bond donors (Lipinski definition) is 1. The Labute approximate surface area is 194 Å². The topological polar surface area (TPSA) is 60.9 Å². The summed E-state index contributed by atoms with van der Waals surface area (Å²) in [7, 11) is 0. The van der Waals surface area contributed by atoms with Crippen LogP contribution in [0.1, 0.15) is 55.3 Å². The van der Waals surface area contributed by atoms with Crippen LogP contribution in [0.3, 0.4) is 0 Å². The van der Waals surface area contributed by atoms with Crippen molar-refractivity contribution < 1.29 is 14.7 Å². The molecule has 4 rings (SSSR count). The second-order valence-corrected chi connectivity index (χ2v) is 9.31. The van der Waals surface area contributed by atoms with Crippen molar-refractivity contribution in [2.24, 2.45) is 0 Å². The molecule has 2 saturated heterocycles. The molecule has 2 aliphatic heterocycles. The molecule has 1 N–H and O–H groups in total. The maximum Gasteiger partial charge on any atom is 0.295 e. The number of rotatable bonds is 6. The number of aliphatic hydroxyl groups excluding tert-OH is 1. The fourth-order valence-corrected chi connectivity index (χ4v) is 4.67. The lowest BCUT2D eigenvalue weighted by molar-refractivity contribution is -0.140. The molecule has 32 heavy (non-hydrogen) atoms. The number of halogens is 1. The summed E-state index contributed by atoms with van der Waals surface area (Å²) < 4.78 is 0. The number of benzene rings is 2. The zero-order chi connectivity index (χ0) is 22.8. The van der Waals surface area contributed by atoms with E-state index in [1.54, 1.807) is 29.2 Å². The molecule has 5 nitrogen and oxygen atoms in total. The highest BCUT2D eigenvalue weighted by Crippen LogP contribution is 2.39. The Morgan fingerprint density at radius 1 is 1.00 bits per heavy atom. The van der Waals surface area contributed by atoms with Gasteiger partial charge in [0.05, 0.1) is 11.6 Å². The van der Waals surface area contributed by atoms with E-state index in [9.17, 15) is 14.7 Å². The Morgan fingerprint density at radius 3 is 2.22 bits per heavy atom. The summed E-state index contributed by atoms with van der Waals surface area (Å²) >= 11 is 5.99. The normalized spacial score (nSPS) is 21.1. The first-order valence-corrected chi connectivity index (χ1v) is 11.6. The predicted molar refractivity (Wildman–Crippen MR) is 127 cm³/mol. The maximum atomic E-state index is 13.1. The van der Waals surface area contributed by atoms with Crippen LogP contribution in [-0.2, 0) is 9.59 Å². The molecule has 2 aromatic rings. The van der Waals surface area contributed by atoms with Gasteiger partial charge in [-0.05, 0) is 67.2 Å². The van der Waals surface area contributed by atoms with E-state index in [0.717, 1.165) is 31.5 Å². The predicted octanol–water partition coefficient (Wildman–Crippen LogP) is 4.98. The molecule has 1 unspecified atom stereocenters. The quantitative estimate of drug-likeness (QED) is 0.381. The molecule has 168 valence electrons. The Morgan fingerprint density at radius 2 is 1.62 bits per heavy atom. The first kappa shape index (κ1) is 22.6. The number of nitrogens with zero attached hydrogens (tertiary/aromatic N) is 2. The number of ketones is 1. The summed E-state index contributed by atoms with van der Waals surface area (Å²) in [5, 5.41) is 11.6. The fraction of sp³-hybridized carbons (Fsp3) is 0.385. The zero-order valence-electron chi connectivity index (χ0n) is 18.6. The van der Waals surface area contributed by atoms with Gasteiger partial charge in [-0.15, -0.1) is 0 Å². The van der Waals surface area contributed by atoms with Gasteiger partial charge in [-0.2, -0.15) is 0 Å². The highest BCUT2D eigenvalue weighted by Gasteiger charge is 2.46. The van der Waals surface area contributed by atoms with Crippen LogP contribution < -0.4 is 0 Å². The lowest BCUT2D eigenvalue weighted by Gasteiger charge is -2.27. The first-order chi connectivity index (χ1) is 15.4. The van der Waals surface area contributed by atoms with Gasteiger partial charge in [0.2, 0.25) is 0 Å². The summed E-state index contributed by atoms with van der Waals surface area (Å²) in [6.07, 6.45) is 2.32. The number of carbonyl (C=O) groups is 2. The van der Waals surface area contributed by atoms with E-state index in [4.69, 9.17) is 11.6 Å². The van der Waals surface area contributed by atoms with Gasteiger partial charge in [-0.1, -0.05) is 49.7 Å². The van der Waals surface area contributed by atoms with Gasteiger partial charge < -0.3 is 14.9 Å². The molecule has 2 aromatic carbocycles. The highest BCUT2D eigenvalue weighted by molar-refractivity contribution is 6.46. The SMILES string of the molecule is CC(C)c1ccc(C2/C(=C(\O)c3ccc(Cl)cc3)C(=O)C(=O)N2CCN2CCCC2)cc1. The Bertz CT molecular complexity index is 1020. The van der Waals surface area contributed by atoms with Crippen molar-refractivity contribution in [2.45, 2.75) is 38.6 Å². The average Bonchev–Trinajstić information content (AvgIpc) is 3.39. The number of likely N-dealkylation sites (tertiary alicyclic amines) is 2. The monoisotopic (exact) mass is 452 g/mol. The molecule has 0 bridgehead atoms. The molecule has 0 radical (unpaired) electrons. The van der Waals surface area contributed by atoms with Crippen LogP contribution in [0.15, 0.2) is 54.1 Å². The van der Waals surface area contributed by atoms with Gasteiger partial charge in [0.25, 0.3) is 11.7 Å². The van der Waals surface area contributed by atoms with Gasteiger partial charge in [-0.25, -0.2) is 0 Å². The molecular weight excluding hydrogens is 424 g/mol. The van der Waals surface area contributed by atoms with Crippen LogP contribution in [-0.4, -0.2) is 52.8 Å². The molecule has 2 aliphatic rings. The molecule has 1 amide bonds. The average molecular weight is 453 g/mol. The van der Waals surface area contributed by atoms with Crippen molar-refractivity contribution in [1.29, 1.82) is 0 Å². The van der Waals surface area contributed by atoms with Gasteiger partial charge >= 0.3 is 0 Å². The van der Waals surface area contributed by atoms with Crippen molar-refractivity contribution in [3.63, 3.8) is 0 Å². The van der Waals surface area contributed by atoms with Crippen LogP contribution in [0.2, 0.25) is 5.02 Å². The largest absolute Gasteiger partial charge is 0.507 e. The fourth-order valence-electron chi connectivity index (χ4n) is 4.54. The minimum atomic E-state index is -0.642. The summed E-state index contributed by atoms with van der Waals surface area (Å²) in [6, 6.07) is 14.0. The van der Waals surface area contributed by atoms with E-state index < -0.39 is 17.7 Å². The van der Waals surface area contributed by atoms with Gasteiger partial charge in [0, 0.05) is 23.7 Å². The van der Waals surface area contributed by atoms with Crippen molar-refractivity contribution in [1.82, 2.24) is 9.80 Å². The van der Waals surface area contributed by atoms with Gasteiger partial charge in [0.1, 0.15) is 5.76 Å². The molecule has 6 heteroatoms. The lowest BCUT2D eigenvalue weighted by atomic mass is 9.93. The number of Topliss-reactive ketones (excluding diaryl/α,β-unsaturated/α-hetero) is 1. The second kappa shape index (κ2) is 9.47. The third kappa shape index (κ3) is 4.45. The van der Waals surface area contributed by atoms with Crippen LogP contribution in [0.4, 0.5) is 0 Å². The summed E-state index contributed by atoms with van der Waals surface area (Å²) in [5.41, 5.74) is 2.61. The van der Waals surface area contributed by atoms with Crippen LogP contribution in [0, 0.1) is 0 Å². The van der Waals surface area contributed by atoms with E-state index in [0.29, 0.717) is 29.6 Å². The first-order valence-electron chi connectivity index (χ1n) is 11.2. The van der Waals surface area contributed by atoms with Crippen molar-refractivity contribution in [2.75, 3.05) is 26.2 Å². The Hall–Kier alpha value is -2.63. The molecule has 1 atom stereocenters. The van der Waals surface area contributed by atoms with Crippen molar-refractivity contribution >= 4 is 29.1 Å². The standard InChI is InChI=1S/C26H29ClN2O3/c1-17(2)18-5-7-19(8-6-18)23-22(24(30)20-9-11-21(27)12-10-20)25(31)26(32)29(23)16-15-28-13-3-4-14-28/h5-12,17,23,30H,3-4,13-16H2,1-2H3/b24-22+. The second-order valence-electron chi connectivity index (χ2n) is 8.87. The Kier molecular flexibility index (Phi) is 6.68. The molecule has 0 aromatic heterocycles. The Balaban J connectivity index is 1.75. The summed E-state index contributed by atoms with van der Waals surface area (Å²) in [6.45, 7) is 7.44. The van der Waals surface area contributed by atoms with Crippen molar-refractivity contribution in [3.05, 3.63) is 75.8 Å². The minimum absolute atomic E-state index is 0.135. The van der Waals surface area contributed by atoms with Gasteiger partial charge in [-0.3, -0.25) is 9.59 Å².